The number of amides is 2. The molecule has 0 radical (unpaired) electrons. The second-order valence-electron chi connectivity index (χ2n) is 4.88. The zero-order valence-electron chi connectivity index (χ0n) is 11.6. The molecule has 1 aromatic heterocycles. The number of hydrogen-bond acceptors (Lipinski definition) is 5. The summed E-state index contributed by atoms with van der Waals surface area (Å²) in [5.74, 6) is -2.40. The SMILES string of the molecule is CC(C)(NC(=O)NC(CCC(=O)O)C(=O)O)c1nccs1. The van der Waals surface area contributed by atoms with E-state index in [4.69, 9.17) is 10.2 Å². The summed E-state index contributed by atoms with van der Waals surface area (Å²) < 4.78 is 0. The Kier molecular flexibility index (Phi) is 5.65. The number of rotatable bonds is 7. The highest BCUT2D eigenvalue weighted by atomic mass is 32.1. The lowest BCUT2D eigenvalue weighted by Crippen LogP contribution is -2.51. The van der Waals surface area contributed by atoms with Crippen molar-refractivity contribution >= 4 is 29.3 Å². The van der Waals surface area contributed by atoms with E-state index >= 15 is 0 Å². The van der Waals surface area contributed by atoms with E-state index in [1.165, 1.54) is 11.3 Å². The first-order chi connectivity index (χ1) is 9.72. The number of hydrogen-bond donors (Lipinski definition) is 4. The Morgan fingerprint density at radius 3 is 2.52 bits per heavy atom. The Labute approximate surface area is 125 Å². The molecule has 0 saturated carbocycles. The van der Waals surface area contributed by atoms with Crippen LogP contribution in [0.4, 0.5) is 4.79 Å². The van der Waals surface area contributed by atoms with Crippen molar-refractivity contribution < 1.29 is 24.6 Å². The van der Waals surface area contributed by atoms with E-state index in [0.717, 1.165) is 0 Å². The summed E-state index contributed by atoms with van der Waals surface area (Å²) in [5.41, 5.74) is -0.756. The number of aliphatic carboxylic acids is 2. The van der Waals surface area contributed by atoms with Gasteiger partial charge in [-0.05, 0) is 20.3 Å². The van der Waals surface area contributed by atoms with Gasteiger partial charge in [0, 0.05) is 18.0 Å². The molecule has 8 nitrogen and oxygen atoms in total. The Morgan fingerprint density at radius 1 is 1.38 bits per heavy atom. The minimum Gasteiger partial charge on any atom is -0.481 e. The van der Waals surface area contributed by atoms with Crippen LogP contribution in [0.25, 0.3) is 0 Å². The van der Waals surface area contributed by atoms with E-state index in [2.05, 4.69) is 15.6 Å². The van der Waals surface area contributed by atoms with Crippen LogP contribution in [0.15, 0.2) is 11.6 Å². The summed E-state index contributed by atoms with van der Waals surface area (Å²) in [7, 11) is 0. The number of nitrogens with zero attached hydrogens (tertiary/aromatic N) is 1. The average molecular weight is 315 g/mol. The highest BCUT2D eigenvalue weighted by molar-refractivity contribution is 7.09. The summed E-state index contributed by atoms with van der Waals surface area (Å²) in [6.07, 6.45) is 1.08. The van der Waals surface area contributed by atoms with Crippen LogP contribution in [0.3, 0.4) is 0 Å². The van der Waals surface area contributed by atoms with Crippen molar-refractivity contribution in [3.63, 3.8) is 0 Å². The van der Waals surface area contributed by atoms with Crippen LogP contribution in [0, 0.1) is 0 Å². The van der Waals surface area contributed by atoms with Crippen molar-refractivity contribution in [2.75, 3.05) is 0 Å². The van der Waals surface area contributed by atoms with E-state index in [0.29, 0.717) is 5.01 Å². The molecular weight excluding hydrogens is 298 g/mol. The molecule has 1 rings (SSSR count). The summed E-state index contributed by atoms with van der Waals surface area (Å²) >= 11 is 1.36. The molecule has 1 atom stereocenters. The third kappa shape index (κ3) is 5.38. The van der Waals surface area contributed by atoms with E-state index in [-0.39, 0.29) is 12.8 Å². The van der Waals surface area contributed by atoms with Gasteiger partial charge in [0.2, 0.25) is 0 Å². The topological polar surface area (TPSA) is 129 Å². The summed E-state index contributed by atoms with van der Waals surface area (Å²) in [4.78, 5) is 37.4. The number of thiazole rings is 1. The molecule has 1 heterocycles. The molecular formula is C12H17N3O5S. The van der Waals surface area contributed by atoms with Crippen molar-refractivity contribution in [3.05, 3.63) is 16.6 Å². The standard InChI is InChI=1S/C12H17N3O5S/c1-12(2,10-13-5-6-21-10)15-11(20)14-7(9(18)19)3-4-8(16)17/h5-7H,3-4H2,1-2H3,(H,16,17)(H,18,19)(H2,14,15,20). The molecule has 1 aromatic rings. The second-order valence-corrected chi connectivity index (χ2v) is 5.78. The molecule has 4 N–H and O–H groups in total. The third-order valence-corrected chi connectivity index (χ3v) is 3.74. The molecule has 2 amide bonds. The fourth-order valence-corrected chi connectivity index (χ4v) is 2.31. The first-order valence-corrected chi connectivity index (χ1v) is 7.03. The van der Waals surface area contributed by atoms with Crippen molar-refractivity contribution in [1.82, 2.24) is 15.6 Å². The van der Waals surface area contributed by atoms with Crippen LogP contribution in [-0.4, -0.2) is 39.2 Å². The predicted molar refractivity (Wildman–Crippen MR) is 75.1 cm³/mol. The lowest BCUT2D eigenvalue weighted by atomic mass is 10.1. The van der Waals surface area contributed by atoms with Crippen LogP contribution in [0.2, 0.25) is 0 Å². The fourth-order valence-electron chi connectivity index (χ4n) is 1.59. The van der Waals surface area contributed by atoms with Gasteiger partial charge in [0.25, 0.3) is 0 Å². The minimum atomic E-state index is -1.28. The molecule has 21 heavy (non-hydrogen) atoms. The van der Waals surface area contributed by atoms with Gasteiger partial charge in [-0.3, -0.25) is 4.79 Å². The number of carboxylic acids is 2. The predicted octanol–water partition coefficient (Wildman–Crippen LogP) is 0.995. The monoisotopic (exact) mass is 315 g/mol. The fraction of sp³-hybridized carbons (Fsp3) is 0.500. The molecule has 0 aromatic carbocycles. The number of carbonyl (C=O) groups excluding carboxylic acids is 1. The van der Waals surface area contributed by atoms with Crippen LogP contribution < -0.4 is 10.6 Å². The molecule has 1 unspecified atom stereocenters. The first-order valence-electron chi connectivity index (χ1n) is 6.15. The number of urea groups is 1. The molecule has 0 bridgehead atoms. The largest absolute Gasteiger partial charge is 0.481 e. The smallest absolute Gasteiger partial charge is 0.326 e. The number of aromatic nitrogens is 1. The Bertz CT molecular complexity index is 515. The zero-order chi connectivity index (χ0) is 16.0. The highest BCUT2D eigenvalue weighted by Gasteiger charge is 2.28. The van der Waals surface area contributed by atoms with Gasteiger partial charge in [-0.15, -0.1) is 11.3 Å². The quantitative estimate of drug-likeness (QED) is 0.594. The average Bonchev–Trinajstić information content (AvgIpc) is 2.87. The summed E-state index contributed by atoms with van der Waals surface area (Å²) in [6.45, 7) is 3.47. The van der Waals surface area contributed by atoms with Crippen LogP contribution >= 0.6 is 11.3 Å². The van der Waals surface area contributed by atoms with Crippen LogP contribution in [0.5, 0.6) is 0 Å². The lowest BCUT2D eigenvalue weighted by Gasteiger charge is -2.25. The van der Waals surface area contributed by atoms with E-state index < -0.39 is 29.6 Å². The van der Waals surface area contributed by atoms with Gasteiger partial charge in [-0.2, -0.15) is 0 Å². The van der Waals surface area contributed by atoms with Gasteiger partial charge in [-0.25, -0.2) is 14.6 Å². The van der Waals surface area contributed by atoms with Crippen molar-refractivity contribution in [1.29, 1.82) is 0 Å². The molecule has 0 aliphatic heterocycles. The number of nitrogens with one attached hydrogen (secondary N) is 2. The van der Waals surface area contributed by atoms with E-state index in [9.17, 15) is 14.4 Å². The Morgan fingerprint density at radius 2 is 2.05 bits per heavy atom. The van der Waals surface area contributed by atoms with Gasteiger partial charge in [0.05, 0.1) is 5.54 Å². The maximum Gasteiger partial charge on any atom is 0.326 e. The Hall–Kier alpha value is -2.16. The number of carbonyl (C=O) groups is 3. The van der Waals surface area contributed by atoms with Gasteiger partial charge >= 0.3 is 18.0 Å². The molecule has 116 valence electrons. The molecule has 0 fully saturated rings. The lowest BCUT2D eigenvalue weighted by molar-refractivity contribution is -0.140. The normalized spacial score (nSPS) is 12.5. The Balaban J connectivity index is 2.61. The zero-order valence-corrected chi connectivity index (χ0v) is 12.4. The molecule has 0 aliphatic rings. The highest BCUT2D eigenvalue weighted by Crippen LogP contribution is 2.21. The molecule has 0 saturated heterocycles. The van der Waals surface area contributed by atoms with Gasteiger partial charge < -0.3 is 20.8 Å². The van der Waals surface area contributed by atoms with E-state index in [1.54, 1.807) is 25.4 Å². The molecule has 0 aliphatic carbocycles. The third-order valence-electron chi connectivity index (χ3n) is 2.64. The number of carboxylic acid groups (broad SMARTS) is 2. The second kappa shape index (κ2) is 7.02. The maximum atomic E-state index is 11.9. The van der Waals surface area contributed by atoms with Crippen molar-refractivity contribution in [2.24, 2.45) is 0 Å². The van der Waals surface area contributed by atoms with Gasteiger partial charge in [-0.1, -0.05) is 0 Å². The van der Waals surface area contributed by atoms with Crippen molar-refractivity contribution in [3.8, 4) is 0 Å². The van der Waals surface area contributed by atoms with Crippen LogP contribution in [0.1, 0.15) is 31.7 Å². The van der Waals surface area contributed by atoms with Gasteiger partial charge in [0.1, 0.15) is 11.0 Å². The van der Waals surface area contributed by atoms with Gasteiger partial charge in [0.15, 0.2) is 0 Å². The first kappa shape index (κ1) is 16.9. The van der Waals surface area contributed by atoms with Crippen molar-refractivity contribution in [2.45, 2.75) is 38.3 Å². The van der Waals surface area contributed by atoms with E-state index in [1.807, 2.05) is 0 Å². The molecule has 0 spiro atoms. The maximum absolute atomic E-state index is 11.9. The van der Waals surface area contributed by atoms with Crippen LogP contribution in [-0.2, 0) is 15.1 Å². The minimum absolute atomic E-state index is 0.185. The molecule has 9 heteroatoms. The summed E-state index contributed by atoms with van der Waals surface area (Å²) in [6, 6.07) is -1.94. The summed E-state index contributed by atoms with van der Waals surface area (Å²) in [5, 5.41) is 24.8.